The van der Waals surface area contributed by atoms with E-state index in [2.05, 4.69) is 5.32 Å². The van der Waals surface area contributed by atoms with Crippen molar-refractivity contribution in [1.82, 2.24) is 5.32 Å². The van der Waals surface area contributed by atoms with Crippen LogP contribution in [0.3, 0.4) is 0 Å². The summed E-state index contributed by atoms with van der Waals surface area (Å²) in [5, 5.41) is 2.44. The molecule has 0 aromatic heterocycles. The van der Waals surface area contributed by atoms with E-state index >= 15 is 0 Å². The molecule has 9 heteroatoms. The van der Waals surface area contributed by atoms with Crippen LogP contribution in [0.2, 0.25) is 0 Å². The second kappa shape index (κ2) is 9.86. The Labute approximate surface area is 140 Å². The Balaban J connectivity index is 2.89. The molecule has 1 aliphatic rings. The maximum absolute atomic E-state index is 12.2. The van der Waals surface area contributed by atoms with Gasteiger partial charge in [0.2, 0.25) is 11.8 Å². The molecule has 0 radical (unpaired) electrons. The number of nitrogens with one attached hydrogen (secondary N) is 1. The number of hydrogen-bond donors (Lipinski definition) is 2. The quantitative estimate of drug-likeness (QED) is 0.519. The van der Waals surface area contributed by atoms with Crippen LogP contribution in [-0.2, 0) is 33.4 Å². The van der Waals surface area contributed by atoms with Gasteiger partial charge in [-0.1, -0.05) is 0 Å². The summed E-state index contributed by atoms with van der Waals surface area (Å²) < 4.78 is 14.8. The predicted molar refractivity (Wildman–Crippen MR) is 81.4 cm³/mol. The molecule has 1 fully saturated rings. The highest BCUT2D eigenvalue weighted by Gasteiger charge is 2.38. The molecule has 3 N–H and O–H groups in total. The molecule has 1 rings (SSSR count). The number of ether oxygens (including phenoxy) is 3. The van der Waals surface area contributed by atoms with E-state index in [0.29, 0.717) is 13.0 Å². The molecule has 1 heterocycles. The third-order valence-electron chi connectivity index (χ3n) is 3.59. The van der Waals surface area contributed by atoms with Crippen LogP contribution in [0.25, 0.3) is 0 Å². The molecule has 0 bridgehead atoms. The van der Waals surface area contributed by atoms with Crippen LogP contribution < -0.4 is 11.1 Å². The van der Waals surface area contributed by atoms with Gasteiger partial charge in [-0.05, 0) is 20.3 Å². The molecule has 9 nitrogen and oxygen atoms in total. The molecule has 0 spiro atoms. The maximum Gasteiger partial charge on any atom is 0.312 e. The third-order valence-corrected chi connectivity index (χ3v) is 3.59. The van der Waals surface area contributed by atoms with Gasteiger partial charge in [0.05, 0.1) is 38.1 Å². The first kappa shape index (κ1) is 19.9. The van der Waals surface area contributed by atoms with Crippen LogP contribution in [0.5, 0.6) is 0 Å². The van der Waals surface area contributed by atoms with E-state index in [1.54, 1.807) is 13.8 Å². The SMILES string of the molecule is CCOC(=O)C[C@H](C(=O)OCC)[C@@H](NC(=O)[C@@H]1CCOC1)C(N)=O. The molecule has 0 aliphatic carbocycles. The van der Waals surface area contributed by atoms with Crippen molar-refractivity contribution in [2.24, 2.45) is 17.6 Å². The Bertz CT molecular complexity index is 474. The lowest BCUT2D eigenvalue weighted by Crippen LogP contribution is -2.53. The summed E-state index contributed by atoms with van der Waals surface area (Å²) in [7, 11) is 0. The van der Waals surface area contributed by atoms with E-state index in [1.165, 1.54) is 0 Å². The van der Waals surface area contributed by atoms with Crippen molar-refractivity contribution < 1.29 is 33.4 Å². The van der Waals surface area contributed by atoms with E-state index in [-0.39, 0.29) is 19.8 Å². The zero-order valence-corrected chi connectivity index (χ0v) is 13.9. The average molecular weight is 344 g/mol. The molecule has 0 aromatic carbocycles. The van der Waals surface area contributed by atoms with Crippen molar-refractivity contribution in [3.8, 4) is 0 Å². The van der Waals surface area contributed by atoms with Crippen molar-refractivity contribution in [2.75, 3.05) is 26.4 Å². The van der Waals surface area contributed by atoms with Gasteiger partial charge < -0.3 is 25.3 Å². The van der Waals surface area contributed by atoms with Gasteiger partial charge >= 0.3 is 11.9 Å². The lowest BCUT2D eigenvalue weighted by molar-refractivity contribution is -0.157. The second-order valence-corrected chi connectivity index (χ2v) is 5.32. The summed E-state index contributed by atoms with van der Waals surface area (Å²) in [6.45, 7) is 4.08. The maximum atomic E-state index is 12.2. The van der Waals surface area contributed by atoms with Gasteiger partial charge in [0.15, 0.2) is 0 Å². The predicted octanol–water partition coefficient (Wildman–Crippen LogP) is -0.874. The van der Waals surface area contributed by atoms with Crippen molar-refractivity contribution >= 4 is 23.8 Å². The summed E-state index contributed by atoms with van der Waals surface area (Å²) in [6.07, 6.45) is 0.0982. The van der Waals surface area contributed by atoms with Crippen LogP contribution in [-0.4, -0.2) is 56.2 Å². The molecular formula is C15H24N2O7. The first-order valence-corrected chi connectivity index (χ1v) is 7.90. The van der Waals surface area contributed by atoms with Crippen molar-refractivity contribution in [3.63, 3.8) is 0 Å². The summed E-state index contributed by atoms with van der Waals surface area (Å²) in [5.74, 6) is -4.51. The van der Waals surface area contributed by atoms with Crippen LogP contribution in [0, 0.1) is 11.8 Å². The Morgan fingerprint density at radius 2 is 1.88 bits per heavy atom. The van der Waals surface area contributed by atoms with Gasteiger partial charge in [-0.15, -0.1) is 0 Å². The van der Waals surface area contributed by atoms with Gasteiger partial charge in [0.1, 0.15) is 6.04 Å². The Hall–Kier alpha value is -2.16. The Morgan fingerprint density at radius 1 is 1.21 bits per heavy atom. The van der Waals surface area contributed by atoms with Crippen molar-refractivity contribution in [3.05, 3.63) is 0 Å². The summed E-state index contributed by atoms with van der Waals surface area (Å²) >= 11 is 0. The molecule has 1 saturated heterocycles. The molecule has 0 aromatic rings. The topological polar surface area (TPSA) is 134 Å². The fourth-order valence-electron chi connectivity index (χ4n) is 2.37. The first-order chi connectivity index (χ1) is 11.4. The van der Waals surface area contributed by atoms with Gasteiger partial charge in [0, 0.05) is 6.61 Å². The van der Waals surface area contributed by atoms with E-state index in [1.807, 2.05) is 0 Å². The highest BCUT2D eigenvalue weighted by atomic mass is 16.5. The van der Waals surface area contributed by atoms with Gasteiger partial charge in [-0.2, -0.15) is 0 Å². The number of carbonyl (C=O) groups is 4. The van der Waals surface area contributed by atoms with Crippen LogP contribution in [0.4, 0.5) is 0 Å². The minimum absolute atomic E-state index is 0.0635. The van der Waals surface area contributed by atoms with Crippen LogP contribution in [0.1, 0.15) is 26.7 Å². The normalized spacial score (nSPS) is 19.2. The lowest BCUT2D eigenvalue weighted by Gasteiger charge is -2.24. The fourth-order valence-corrected chi connectivity index (χ4v) is 2.37. The Kier molecular flexibility index (Phi) is 8.17. The molecular weight excluding hydrogens is 320 g/mol. The molecule has 1 aliphatic heterocycles. The Morgan fingerprint density at radius 3 is 2.38 bits per heavy atom. The van der Waals surface area contributed by atoms with Crippen LogP contribution in [0.15, 0.2) is 0 Å². The largest absolute Gasteiger partial charge is 0.466 e. The highest BCUT2D eigenvalue weighted by molar-refractivity contribution is 5.93. The molecule has 136 valence electrons. The molecule has 2 amide bonds. The van der Waals surface area contributed by atoms with Crippen molar-refractivity contribution in [1.29, 1.82) is 0 Å². The molecule has 3 atom stereocenters. The summed E-state index contributed by atoms with van der Waals surface area (Å²) in [6, 6.07) is -1.36. The third kappa shape index (κ3) is 5.80. The fraction of sp³-hybridized carbons (Fsp3) is 0.733. The highest BCUT2D eigenvalue weighted by Crippen LogP contribution is 2.17. The number of amides is 2. The standard InChI is InChI=1S/C15H24N2O7/c1-3-23-11(18)7-10(15(21)24-4-2)12(13(16)19)17-14(20)9-5-6-22-8-9/h9-10,12H,3-8H2,1-2H3,(H2,16,19)(H,17,20)/t9-,10+,12-/m1/s1. The number of primary amides is 1. The van der Waals surface area contributed by atoms with Gasteiger partial charge in [-0.25, -0.2) is 0 Å². The average Bonchev–Trinajstić information content (AvgIpc) is 3.05. The van der Waals surface area contributed by atoms with Gasteiger partial charge in [-0.3, -0.25) is 19.2 Å². The zero-order chi connectivity index (χ0) is 18.1. The van der Waals surface area contributed by atoms with Crippen LogP contribution >= 0.6 is 0 Å². The lowest BCUT2D eigenvalue weighted by atomic mass is 9.94. The molecule has 0 unspecified atom stereocenters. The number of rotatable bonds is 9. The zero-order valence-electron chi connectivity index (χ0n) is 13.9. The monoisotopic (exact) mass is 344 g/mol. The minimum atomic E-state index is -1.36. The van der Waals surface area contributed by atoms with E-state index in [9.17, 15) is 19.2 Å². The van der Waals surface area contributed by atoms with E-state index in [0.717, 1.165) is 0 Å². The van der Waals surface area contributed by atoms with E-state index in [4.69, 9.17) is 19.9 Å². The number of nitrogens with two attached hydrogens (primary N) is 1. The smallest absolute Gasteiger partial charge is 0.312 e. The number of esters is 2. The summed E-state index contributed by atoms with van der Waals surface area (Å²) in [5.41, 5.74) is 5.32. The number of carbonyl (C=O) groups excluding carboxylic acids is 4. The first-order valence-electron chi connectivity index (χ1n) is 7.90. The number of hydrogen-bond acceptors (Lipinski definition) is 7. The van der Waals surface area contributed by atoms with Crippen molar-refractivity contribution in [2.45, 2.75) is 32.7 Å². The molecule has 0 saturated carbocycles. The van der Waals surface area contributed by atoms with E-state index < -0.39 is 48.1 Å². The summed E-state index contributed by atoms with van der Waals surface area (Å²) in [4.78, 5) is 47.8. The minimum Gasteiger partial charge on any atom is -0.466 e. The molecule has 24 heavy (non-hydrogen) atoms. The second-order valence-electron chi connectivity index (χ2n) is 5.32. The van der Waals surface area contributed by atoms with Gasteiger partial charge in [0.25, 0.3) is 0 Å².